The minimum absolute atomic E-state index is 0.0240. The summed E-state index contributed by atoms with van der Waals surface area (Å²) in [7, 11) is 0. The Balaban J connectivity index is 1.46. The normalized spacial score (nSPS) is 17.1. The van der Waals surface area contributed by atoms with Crippen molar-refractivity contribution in [2.24, 2.45) is 23.5 Å². The van der Waals surface area contributed by atoms with Crippen LogP contribution < -0.4 is 69.5 Å². The molecule has 0 spiro atoms. The van der Waals surface area contributed by atoms with Gasteiger partial charge in [-0.25, -0.2) is 4.79 Å². The third-order valence-electron chi connectivity index (χ3n) is 18.4. The zero-order valence-electron chi connectivity index (χ0n) is 62.5. The van der Waals surface area contributed by atoms with Crippen molar-refractivity contribution in [3.8, 4) is 5.75 Å². The molecule has 0 bridgehead atoms. The Bertz CT molecular complexity index is 3520. The zero-order valence-corrected chi connectivity index (χ0v) is 63.3. The van der Waals surface area contributed by atoms with E-state index in [1.807, 2.05) is 0 Å². The molecule has 108 heavy (non-hydrogen) atoms. The number of hydrogen-bond acceptors (Lipinski definition) is 21. The van der Waals surface area contributed by atoms with Gasteiger partial charge in [0.25, 0.3) is 0 Å². The van der Waals surface area contributed by atoms with E-state index in [1.165, 1.54) is 56.8 Å². The van der Waals surface area contributed by atoms with E-state index in [2.05, 4.69) is 63.8 Å². The van der Waals surface area contributed by atoms with Gasteiger partial charge in [0.2, 0.25) is 76.8 Å². The number of nitrogens with zero attached hydrogens (tertiary/aromatic N) is 1. The molecule has 0 aliphatic carbocycles. The highest BCUT2D eigenvalue weighted by molar-refractivity contribution is 7.98. The number of likely N-dealkylation sites (tertiary alicyclic amines) is 1. The fraction of sp³-hybridized carbons (Fsp3) is 0.562. The van der Waals surface area contributed by atoms with Crippen LogP contribution in [0.1, 0.15) is 111 Å². The summed E-state index contributed by atoms with van der Waals surface area (Å²) >= 11 is 1.38. The van der Waals surface area contributed by atoms with Crippen LogP contribution in [0.15, 0.2) is 84.9 Å². The minimum atomic E-state index is -1.77. The predicted octanol–water partition coefficient (Wildman–Crippen LogP) is -3.46. The van der Waals surface area contributed by atoms with Gasteiger partial charge in [-0.3, -0.25) is 62.3 Å². The van der Waals surface area contributed by atoms with E-state index >= 15 is 0 Å². The summed E-state index contributed by atoms with van der Waals surface area (Å²) in [5.74, 6) is -14.6. The van der Waals surface area contributed by atoms with E-state index < -0.39 is 211 Å². The summed E-state index contributed by atoms with van der Waals surface area (Å²) in [6.45, 7) is 10.8. The molecule has 17 atom stereocenters. The van der Waals surface area contributed by atoms with Crippen molar-refractivity contribution in [1.29, 1.82) is 0 Å². The number of rotatable bonds is 44. The average molecular weight is 1530 g/mol. The van der Waals surface area contributed by atoms with Crippen LogP contribution in [0.5, 0.6) is 5.75 Å². The predicted molar refractivity (Wildman–Crippen MR) is 397 cm³/mol. The first-order valence-electron chi connectivity index (χ1n) is 35.9. The molecule has 1 aliphatic heterocycles. The third-order valence-corrected chi connectivity index (χ3v) is 19.1. The number of carboxylic acid groups (broad SMARTS) is 1. The van der Waals surface area contributed by atoms with Gasteiger partial charge < -0.3 is 105 Å². The van der Waals surface area contributed by atoms with Crippen LogP contribution in [0.2, 0.25) is 0 Å². The molecule has 1 fully saturated rings. The Labute approximate surface area is 631 Å². The highest BCUT2D eigenvalue weighted by Crippen LogP contribution is 2.22. The number of carbonyl (C=O) groups excluding carboxylic acids is 13. The second-order valence-corrected chi connectivity index (χ2v) is 28.3. The van der Waals surface area contributed by atoms with Gasteiger partial charge in [-0.2, -0.15) is 11.8 Å². The molecule has 1 aliphatic rings. The summed E-state index contributed by atoms with van der Waals surface area (Å²) in [6, 6.07) is 3.38. The van der Waals surface area contributed by atoms with Crippen molar-refractivity contribution in [2.45, 2.75) is 204 Å². The molecule has 0 unspecified atom stereocenters. The monoisotopic (exact) mass is 1530 g/mol. The van der Waals surface area contributed by atoms with E-state index in [9.17, 15) is 97.8 Å². The molecule has 13 amide bonds. The number of carbonyl (C=O) groups is 14. The maximum absolute atomic E-state index is 14.4. The molecule has 35 heteroatoms. The first-order chi connectivity index (χ1) is 51.1. The topological polar surface area (TPSA) is 534 Å². The maximum Gasteiger partial charge on any atom is 0.326 e. The number of nitrogens with two attached hydrogens (primary N) is 1. The molecule has 1 saturated heterocycles. The van der Waals surface area contributed by atoms with E-state index in [0.717, 1.165) is 4.90 Å². The largest absolute Gasteiger partial charge is 0.508 e. The quantitative estimate of drug-likeness (QED) is 0.0262. The highest BCUT2D eigenvalue weighted by Gasteiger charge is 2.43. The first-order valence-corrected chi connectivity index (χ1v) is 37.3. The van der Waals surface area contributed by atoms with Crippen LogP contribution in [-0.4, -0.2) is 247 Å². The Kier molecular flexibility index (Phi) is 37.8. The van der Waals surface area contributed by atoms with Crippen molar-refractivity contribution in [3.05, 3.63) is 102 Å². The molecule has 596 valence electrons. The summed E-state index contributed by atoms with van der Waals surface area (Å²) in [6.07, 6.45) is -0.506. The van der Waals surface area contributed by atoms with Crippen LogP contribution in [0.25, 0.3) is 0 Å². The molecule has 3 aromatic carbocycles. The number of carboxylic acids is 1. The van der Waals surface area contributed by atoms with Gasteiger partial charge in [0.05, 0.1) is 32.0 Å². The van der Waals surface area contributed by atoms with Gasteiger partial charge in [-0.05, 0) is 98.6 Å². The van der Waals surface area contributed by atoms with Crippen LogP contribution in [0, 0.1) is 17.8 Å². The van der Waals surface area contributed by atoms with Gasteiger partial charge in [0.1, 0.15) is 84.3 Å². The molecule has 20 N–H and O–H groups in total. The van der Waals surface area contributed by atoms with Crippen LogP contribution >= 0.6 is 11.8 Å². The smallest absolute Gasteiger partial charge is 0.326 e. The number of hydrogen-bond donors (Lipinski definition) is 19. The second-order valence-electron chi connectivity index (χ2n) is 27.3. The van der Waals surface area contributed by atoms with E-state index in [4.69, 9.17) is 5.73 Å². The van der Waals surface area contributed by atoms with E-state index in [1.54, 1.807) is 108 Å². The Morgan fingerprint density at radius 2 is 0.926 bits per heavy atom. The summed E-state index contributed by atoms with van der Waals surface area (Å²) in [5.41, 5.74) is 7.31. The lowest BCUT2D eigenvalue weighted by molar-refractivity contribution is -0.145. The summed E-state index contributed by atoms with van der Waals surface area (Å²) in [5, 5.41) is 91.7. The molecule has 0 saturated carbocycles. The van der Waals surface area contributed by atoms with Crippen LogP contribution in [0.3, 0.4) is 0 Å². The lowest BCUT2D eigenvalue weighted by Crippen LogP contribution is -2.63. The number of amides is 13. The number of phenols is 1. The van der Waals surface area contributed by atoms with Crippen molar-refractivity contribution in [3.63, 3.8) is 0 Å². The van der Waals surface area contributed by atoms with E-state index in [0.29, 0.717) is 35.3 Å². The number of aliphatic hydroxyl groups excluding tert-OH is 4. The number of aliphatic carboxylic acids is 1. The Morgan fingerprint density at radius 3 is 1.43 bits per heavy atom. The van der Waals surface area contributed by atoms with Crippen molar-refractivity contribution in [1.82, 2.24) is 68.7 Å². The maximum atomic E-state index is 14.4. The summed E-state index contributed by atoms with van der Waals surface area (Å²) in [4.78, 5) is 194. The van der Waals surface area contributed by atoms with Crippen molar-refractivity contribution in [2.75, 3.05) is 38.3 Å². The number of aromatic hydroxyl groups is 1. The van der Waals surface area contributed by atoms with Crippen LogP contribution in [0.4, 0.5) is 0 Å². The van der Waals surface area contributed by atoms with Gasteiger partial charge in [-0.1, -0.05) is 127 Å². The number of aliphatic hydroxyl groups is 4. The van der Waals surface area contributed by atoms with Gasteiger partial charge in [0.15, 0.2) is 0 Å². The third kappa shape index (κ3) is 28.4. The molecule has 3 aromatic rings. The Morgan fingerprint density at radius 1 is 0.491 bits per heavy atom. The number of nitrogens with one attached hydrogen (secondary N) is 12. The zero-order chi connectivity index (χ0) is 80.6. The molecule has 0 aromatic heterocycles. The van der Waals surface area contributed by atoms with Gasteiger partial charge in [-0.15, -0.1) is 0 Å². The van der Waals surface area contributed by atoms with Crippen molar-refractivity contribution < 1.29 is 97.8 Å². The van der Waals surface area contributed by atoms with Crippen LogP contribution in [-0.2, 0) is 86.4 Å². The average Bonchev–Trinajstić information content (AvgIpc) is 1.65. The lowest BCUT2D eigenvalue weighted by atomic mass is 9.96. The molecule has 0 radical (unpaired) electrons. The molecular formula is C73H108N14O20S. The second kappa shape index (κ2) is 45.1. The van der Waals surface area contributed by atoms with Gasteiger partial charge in [0, 0.05) is 25.8 Å². The Hall–Kier alpha value is -9.81. The summed E-state index contributed by atoms with van der Waals surface area (Å²) < 4.78 is 0. The lowest BCUT2D eigenvalue weighted by Gasteiger charge is -2.32. The molecule has 34 nitrogen and oxygen atoms in total. The standard InChI is InChI=1S/C73H108N14O20S/c1-11-39(5)58(84-63(96)48(29-31-108-10)78-69(102)56(74)42(8)90)71(104)86-60(43(9)91)72(105)87-30-19-24-54(87)68(101)82-53(37-89)67(100)80-50(33-45-22-17-14-18-23-45)64(97)76-41(7)61(94)81-52(36-88)62(95)75-35-55(93)77-49(32-44-20-15-13-16-21-44)65(98)79-51(34-46-25-27-47(92)28-26-46)66(99)83-57(38(3)4)70(103)85-59(73(106)107)40(6)12-2/h13-18,20-23,25-28,38-43,48-54,56-60,88-92H,11-12,19,24,29-37,74H2,1-10H3,(H,75,95)(H,76,97)(H,77,93)(H,78,102)(H,79,98)(H,80,100)(H,81,94)(H,82,101)(H,83,99)(H,84,96)(H,85,103)(H,86,104)(H,106,107)/t39-,40-,41-,42+,43+,48-,49-,50-,51-,52-,53-,54-,56-,57-,58-,59-,60-/m0/s1. The molecule has 4 rings (SSSR count). The minimum Gasteiger partial charge on any atom is -0.508 e. The highest BCUT2D eigenvalue weighted by atomic mass is 32.2. The first kappa shape index (κ1) is 90.6. The molecular weight excluding hydrogens is 1420 g/mol. The molecule has 1 heterocycles. The number of phenolic OH excluding ortho intramolecular Hbond substituents is 1. The fourth-order valence-corrected chi connectivity index (χ4v) is 11.9. The fourth-order valence-electron chi connectivity index (χ4n) is 11.4. The van der Waals surface area contributed by atoms with Crippen molar-refractivity contribution >= 4 is 94.5 Å². The number of benzene rings is 3. The van der Waals surface area contributed by atoms with E-state index in [-0.39, 0.29) is 50.8 Å². The van der Waals surface area contributed by atoms with Gasteiger partial charge >= 0.3 is 5.97 Å². The SMILES string of the molecule is CC[C@H](C)[C@H](NC(=O)[C@@H](NC(=O)[C@H](Cc1ccc(O)cc1)NC(=O)[C@H](Cc1ccccc1)NC(=O)CNC(=O)[C@H](CO)NC(=O)[C@H](C)NC(=O)[C@H](Cc1ccccc1)NC(=O)[C@H](CO)NC(=O)[C@@H]1CCCN1C(=O)[C@@H](NC(=O)[C@@H](NC(=O)[C@H](CCSC)NC(=O)[C@@H](N)[C@@H](C)O)[C@@H](C)CC)[C@@H](C)O)C(C)C)C(=O)O. The number of thioether (sulfide) groups is 1.